The highest BCUT2D eigenvalue weighted by molar-refractivity contribution is 5.97. The number of carbonyl (C=O) groups excluding carboxylic acids is 1. The fourth-order valence-corrected chi connectivity index (χ4v) is 2.49. The number of imidazole rings is 1. The van der Waals surface area contributed by atoms with Crippen molar-refractivity contribution in [2.75, 3.05) is 14.1 Å². The molecule has 0 aliphatic carbocycles. The Labute approximate surface area is 123 Å². The van der Waals surface area contributed by atoms with E-state index in [4.69, 9.17) is 0 Å². The van der Waals surface area contributed by atoms with Gasteiger partial charge in [-0.2, -0.15) is 0 Å². The summed E-state index contributed by atoms with van der Waals surface area (Å²) in [5.41, 5.74) is 3.58. The van der Waals surface area contributed by atoms with Gasteiger partial charge >= 0.3 is 0 Å². The number of amides is 1. The molecule has 4 nitrogen and oxygen atoms in total. The first-order valence-electron chi connectivity index (χ1n) is 6.84. The van der Waals surface area contributed by atoms with Crippen LogP contribution in [0.5, 0.6) is 0 Å². The molecule has 1 amide bonds. The second-order valence-electron chi connectivity index (χ2n) is 5.23. The Kier molecular flexibility index (Phi) is 3.22. The third kappa shape index (κ3) is 2.29. The summed E-state index contributed by atoms with van der Waals surface area (Å²) in [5.74, 6) is 0.898. The van der Waals surface area contributed by atoms with E-state index >= 15 is 0 Å². The number of benzene rings is 2. The molecule has 106 valence electrons. The summed E-state index contributed by atoms with van der Waals surface area (Å²) in [5, 5.41) is 0. The molecule has 0 aliphatic rings. The third-order valence-electron chi connectivity index (χ3n) is 3.49. The minimum atomic E-state index is -0.0104. The Morgan fingerprint density at radius 3 is 2.48 bits per heavy atom. The van der Waals surface area contributed by atoms with E-state index in [-0.39, 0.29) is 5.91 Å². The van der Waals surface area contributed by atoms with Crippen LogP contribution in [-0.4, -0.2) is 34.5 Å². The molecule has 0 aliphatic heterocycles. The molecule has 21 heavy (non-hydrogen) atoms. The van der Waals surface area contributed by atoms with Crippen LogP contribution in [0.1, 0.15) is 16.2 Å². The van der Waals surface area contributed by atoms with Crippen LogP contribution < -0.4 is 0 Å². The molecule has 0 fully saturated rings. The first kappa shape index (κ1) is 13.4. The number of aryl methyl sites for hydroxylation is 1. The number of nitrogens with zero attached hydrogens (tertiary/aromatic N) is 3. The molecule has 0 atom stereocenters. The van der Waals surface area contributed by atoms with Gasteiger partial charge in [-0.25, -0.2) is 4.98 Å². The molecule has 0 unspecified atom stereocenters. The van der Waals surface area contributed by atoms with Gasteiger partial charge in [-0.3, -0.25) is 9.36 Å². The zero-order chi connectivity index (χ0) is 15.0. The maximum atomic E-state index is 12.0. The molecular weight excluding hydrogens is 262 g/mol. The van der Waals surface area contributed by atoms with Crippen molar-refractivity contribution >= 4 is 16.9 Å². The average molecular weight is 279 g/mol. The number of para-hydroxylation sites is 1. The fourth-order valence-electron chi connectivity index (χ4n) is 2.49. The van der Waals surface area contributed by atoms with Gasteiger partial charge in [-0.1, -0.05) is 18.2 Å². The molecule has 3 aromatic rings. The summed E-state index contributed by atoms with van der Waals surface area (Å²) < 4.78 is 2.10. The standard InChI is InChI=1S/C17H17N3O/c1-12-18-15-11-13(17(21)19(2)3)9-10-16(15)20(12)14-7-5-4-6-8-14/h4-11H,1-3H3. The van der Waals surface area contributed by atoms with Gasteiger partial charge in [0.1, 0.15) is 5.82 Å². The van der Waals surface area contributed by atoms with Gasteiger partial charge in [0.2, 0.25) is 0 Å². The van der Waals surface area contributed by atoms with E-state index in [1.165, 1.54) is 0 Å². The number of hydrogen-bond donors (Lipinski definition) is 0. The van der Waals surface area contributed by atoms with Crippen LogP contribution in [0.4, 0.5) is 0 Å². The summed E-state index contributed by atoms with van der Waals surface area (Å²) in [7, 11) is 3.50. The lowest BCUT2D eigenvalue weighted by Crippen LogP contribution is -2.21. The predicted molar refractivity (Wildman–Crippen MR) is 83.8 cm³/mol. The number of aromatic nitrogens is 2. The molecule has 0 saturated heterocycles. The molecule has 1 heterocycles. The third-order valence-corrected chi connectivity index (χ3v) is 3.49. The van der Waals surface area contributed by atoms with E-state index < -0.39 is 0 Å². The molecule has 4 heteroatoms. The normalized spacial score (nSPS) is 10.8. The highest BCUT2D eigenvalue weighted by Gasteiger charge is 2.13. The Morgan fingerprint density at radius 2 is 1.81 bits per heavy atom. The van der Waals surface area contributed by atoms with Crippen molar-refractivity contribution in [3.05, 3.63) is 59.9 Å². The molecular formula is C17H17N3O. The van der Waals surface area contributed by atoms with Gasteiger partial charge in [-0.15, -0.1) is 0 Å². The van der Waals surface area contributed by atoms with Gasteiger partial charge in [-0.05, 0) is 37.3 Å². The molecule has 0 radical (unpaired) electrons. The van der Waals surface area contributed by atoms with Crippen LogP contribution in [0.15, 0.2) is 48.5 Å². The zero-order valence-corrected chi connectivity index (χ0v) is 12.4. The van der Waals surface area contributed by atoms with Crippen molar-refractivity contribution in [1.29, 1.82) is 0 Å². The number of carbonyl (C=O) groups is 1. The summed E-state index contributed by atoms with van der Waals surface area (Å²) in [4.78, 5) is 18.2. The van der Waals surface area contributed by atoms with Crippen LogP contribution in [0, 0.1) is 6.92 Å². The van der Waals surface area contributed by atoms with Crippen molar-refractivity contribution in [1.82, 2.24) is 14.5 Å². The van der Waals surface area contributed by atoms with Crippen LogP contribution in [0.3, 0.4) is 0 Å². The van der Waals surface area contributed by atoms with Gasteiger partial charge in [0.25, 0.3) is 5.91 Å². The summed E-state index contributed by atoms with van der Waals surface area (Å²) >= 11 is 0. The van der Waals surface area contributed by atoms with E-state index in [2.05, 4.69) is 9.55 Å². The quantitative estimate of drug-likeness (QED) is 0.723. The molecule has 2 aromatic carbocycles. The molecule has 3 rings (SSSR count). The maximum absolute atomic E-state index is 12.0. The Bertz CT molecular complexity index is 804. The van der Waals surface area contributed by atoms with E-state index in [0.29, 0.717) is 5.56 Å². The average Bonchev–Trinajstić information content (AvgIpc) is 2.82. The maximum Gasteiger partial charge on any atom is 0.253 e. The number of rotatable bonds is 2. The van der Waals surface area contributed by atoms with Gasteiger partial charge in [0.05, 0.1) is 11.0 Å². The second kappa shape index (κ2) is 5.05. The van der Waals surface area contributed by atoms with Crippen molar-refractivity contribution in [3.8, 4) is 5.69 Å². The van der Waals surface area contributed by atoms with E-state index in [9.17, 15) is 4.79 Å². The first-order valence-corrected chi connectivity index (χ1v) is 6.84. The highest BCUT2D eigenvalue weighted by atomic mass is 16.2. The van der Waals surface area contributed by atoms with Crippen molar-refractivity contribution in [2.24, 2.45) is 0 Å². The lowest BCUT2D eigenvalue weighted by molar-refractivity contribution is 0.0828. The SMILES string of the molecule is Cc1nc2cc(C(=O)N(C)C)ccc2n1-c1ccccc1. The molecule has 0 saturated carbocycles. The van der Waals surface area contributed by atoms with E-state index in [1.54, 1.807) is 19.0 Å². The van der Waals surface area contributed by atoms with E-state index in [1.807, 2.05) is 55.5 Å². The van der Waals surface area contributed by atoms with Crippen molar-refractivity contribution in [2.45, 2.75) is 6.92 Å². The Morgan fingerprint density at radius 1 is 1.10 bits per heavy atom. The minimum Gasteiger partial charge on any atom is -0.345 e. The van der Waals surface area contributed by atoms with Gasteiger partial charge in [0, 0.05) is 25.3 Å². The number of hydrogen-bond acceptors (Lipinski definition) is 2. The lowest BCUT2D eigenvalue weighted by atomic mass is 10.2. The van der Waals surface area contributed by atoms with E-state index in [0.717, 1.165) is 22.5 Å². The van der Waals surface area contributed by atoms with Crippen LogP contribution >= 0.6 is 0 Å². The highest BCUT2D eigenvalue weighted by Crippen LogP contribution is 2.22. The minimum absolute atomic E-state index is 0.0104. The van der Waals surface area contributed by atoms with Gasteiger partial charge in [0.15, 0.2) is 0 Å². The Balaban J connectivity index is 2.17. The number of fused-ring (bicyclic) bond motifs is 1. The van der Waals surface area contributed by atoms with Gasteiger partial charge < -0.3 is 4.90 Å². The smallest absolute Gasteiger partial charge is 0.253 e. The Hall–Kier alpha value is -2.62. The summed E-state index contributed by atoms with van der Waals surface area (Å²) in [6.45, 7) is 1.97. The van der Waals surface area contributed by atoms with Crippen LogP contribution in [0.25, 0.3) is 16.7 Å². The van der Waals surface area contributed by atoms with Crippen LogP contribution in [0.2, 0.25) is 0 Å². The molecule has 0 bridgehead atoms. The monoisotopic (exact) mass is 279 g/mol. The zero-order valence-electron chi connectivity index (χ0n) is 12.4. The summed E-state index contributed by atoms with van der Waals surface area (Å²) in [6, 6.07) is 15.8. The second-order valence-corrected chi connectivity index (χ2v) is 5.23. The topological polar surface area (TPSA) is 38.1 Å². The molecule has 1 aromatic heterocycles. The van der Waals surface area contributed by atoms with Crippen LogP contribution in [-0.2, 0) is 0 Å². The van der Waals surface area contributed by atoms with Crippen molar-refractivity contribution in [3.63, 3.8) is 0 Å². The largest absolute Gasteiger partial charge is 0.345 e. The fraction of sp³-hybridized carbons (Fsp3) is 0.176. The van der Waals surface area contributed by atoms with Crippen molar-refractivity contribution < 1.29 is 4.79 Å². The molecule has 0 spiro atoms. The lowest BCUT2D eigenvalue weighted by Gasteiger charge is -2.10. The first-order chi connectivity index (χ1) is 10.1. The molecule has 0 N–H and O–H groups in total. The predicted octanol–water partition coefficient (Wildman–Crippen LogP) is 3.04. The summed E-state index contributed by atoms with van der Waals surface area (Å²) in [6.07, 6.45) is 0.